The molecule has 0 aromatic carbocycles. The van der Waals surface area contributed by atoms with Gasteiger partial charge in [0.2, 0.25) is 5.89 Å². The van der Waals surface area contributed by atoms with E-state index in [0.29, 0.717) is 18.3 Å². The van der Waals surface area contributed by atoms with E-state index in [-0.39, 0.29) is 29.6 Å². The number of carbonyl (C=O) groups excluding carboxylic acids is 1. The van der Waals surface area contributed by atoms with Crippen molar-refractivity contribution in [2.45, 2.75) is 110 Å². The van der Waals surface area contributed by atoms with Crippen LogP contribution >= 0.6 is 0 Å². The summed E-state index contributed by atoms with van der Waals surface area (Å²) in [6, 6.07) is 0.672. The number of amides is 1. The predicted octanol–water partition coefficient (Wildman–Crippen LogP) is 3.35. The second-order valence-electron chi connectivity index (χ2n) is 10.5. The maximum atomic E-state index is 12.7. The minimum atomic E-state index is -0.474. The lowest BCUT2D eigenvalue weighted by molar-refractivity contribution is 0.00545. The molecule has 2 fully saturated rings. The first kappa shape index (κ1) is 23.3. The van der Waals surface area contributed by atoms with Crippen LogP contribution in [0.25, 0.3) is 0 Å². The van der Waals surface area contributed by atoms with E-state index in [1.54, 1.807) is 0 Å². The van der Waals surface area contributed by atoms with Gasteiger partial charge in [-0.25, -0.2) is 9.79 Å². The van der Waals surface area contributed by atoms with Gasteiger partial charge < -0.3 is 24.8 Å². The van der Waals surface area contributed by atoms with Gasteiger partial charge in [0, 0.05) is 30.1 Å². The van der Waals surface area contributed by atoms with Crippen LogP contribution in [0.15, 0.2) is 9.52 Å². The van der Waals surface area contributed by atoms with Crippen molar-refractivity contribution in [1.82, 2.24) is 25.7 Å². The highest BCUT2D eigenvalue weighted by Gasteiger charge is 2.45. The van der Waals surface area contributed by atoms with Gasteiger partial charge in [0.05, 0.1) is 0 Å². The molecule has 0 radical (unpaired) electrons. The molecular formula is C22H38N6O3. The van der Waals surface area contributed by atoms with Crippen molar-refractivity contribution in [1.29, 1.82) is 0 Å². The van der Waals surface area contributed by atoms with Crippen LogP contribution in [-0.2, 0) is 16.7 Å². The van der Waals surface area contributed by atoms with Crippen molar-refractivity contribution in [2.24, 2.45) is 4.99 Å². The number of carbonyl (C=O) groups is 1. The molecule has 2 N–H and O–H groups in total. The highest BCUT2D eigenvalue weighted by atomic mass is 16.6. The Hall–Kier alpha value is -2.32. The zero-order chi connectivity index (χ0) is 22.8. The molecule has 2 atom stereocenters. The topological polar surface area (TPSA) is 105 Å². The molecule has 3 heterocycles. The summed E-state index contributed by atoms with van der Waals surface area (Å²) in [7, 11) is 0. The van der Waals surface area contributed by atoms with Gasteiger partial charge in [0.1, 0.15) is 12.1 Å². The Labute approximate surface area is 185 Å². The van der Waals surface area contributed by atoms with Gasteiger partial charge in [0.25, 0.3) is 0 Å². The van der Waals surface area contributed by atoms with Crippen LogP contribution in [0.2, 0.25) is 0 Å². The summed E-state index contributed by atoms with van der Waals surface area (Å²) in [4.78, 5) is 23.7. The third kappa shape index (κ3) is 6.11. The zero-order valence-electron chi connectivity index (χ0n) is 20.0. The standard InChI is InChI=1S/C22H38N6O3/c1-8-23-19(24-13-17-26-18(31-27-17)21(2,3)4)25-14-11-15-9-10-16(12-14)28(15)20(29)30-22(5,6)7/h14-16H,8-13H2,1-7H3,(H2,23,24,25). The summed E-state index contributed by atoms with van der Waals surface area (Å²) in [5.41, 5.74) is -0.655. The second-order valence-corrected chi connectivity index (χ2v) is 10.5. The molecule has 0 aliphatic carbocycles. The smallest absolute Gasteiger partial charge is 0.410 e. The SMILES string of the molecule is CCNC(=NCc1noc(C(C)(C)C)n1)NC1CC2CCC(C1)N2C(=O)OC(C)(C)C. The number of guanidine groups is 1. The number of hydrogen-bond acceptors (Lipinski definition) is 6. The Morgan fingerprint density at radius 3 is 2.35 bits per heavy atom. The number of hydrogen-bond donors (Lipinski definition) is 2. The monoisotopic (exact) mass is 434 g/mol. The van der Waals surface area contributed by atoms with Crippen molar-refractivity contribution in [3.8, 4) is 0 Å². The number of nitrogens with one attached hydrogen (secondary N) is 2. The number of piperidine rings is 1. The maximum Gasteiger partial charge on any atom is 0.410 e. The van der Waals surface area contributed by atoms with Crippen molar-refractivity contribution in [3.05, 3.63) is 11.7 Å². The van der Waals surface area contributed by atoms with Gasteiger partial charge >= 0.3 is 6.09 Å². The number of nitrogens with zero attached hydrogens (tertiary/aromatic N) is 4. The van der Waals surface area contributed by atoms with E-state index in [2.05, 4.69) is 25.8 Å². The fourth-order valence-corrected chi connectivity index (χ4v) is 4.19. The molecule has 2 saturated heterocycles. The predicted molar refractivity (Wildman–Crippen MR) is 119 cm³/mol. The average molecular weight is 435 g/mol. The van der Waals surface area contributed by atoms with Gasteiger partial charge in [-0.2, -0.15) is 4.98 Å². The fourth-order valence-electron chi connectivity index (χ4n) is 4.19. The summed E-state index contributed by atoms with van der Waals surface area (Å²) in [6.45, 7) is 15.0. The van der Waals surface area contributed by atoms with Crippen molar-refractivity contribution in [2.75, 3.05) is 6.54 Å². The Bertz CT molecular complexity index is 778. The van der Waals surface area contributed by atoms with E-state index < -0.39 is 5.60 Å². The summed E-state index contributed by atoms with van der Waals surface area (Å²) >= 11 is 0. The molecule has 1 aromatic rings. The van der Waals surface area contributed by atoms with Gasteiger partial charge in [-0.15, -0.1) is 0 Å². The van der Waals surface area contributed by atoms with Gasteiger partial charge in [0.15, 0.2) is 11.8 Å². The molecule has 2 bridgehead atoms. The molecule has 2 unspecified atom stereocenters. The Morgan fingerprint density at radius 1 is 1.19 bits per heavy atom. The Morgan fingerprint density at radius 2 is 1.84 bits per heavy atom. The third-order valence-corrected chi connectivity index (χ3v) is 5.51. The highest BCUT2D eigenvalue weighted by molar-refractivity contribution is 5.80. The summed E-state index contributed by atoms with van der Waals surface area (Å²) in [5.74, 6) is 1.92. The molecule has 2 aliphatic heterocycles. The van der Waals surface area contributed by atoms with Crippen molar-refractivity contribution < 1.29 is 14.1 Å². The van der Waals surface area contributed by atoms with Gasteiger partial charge in [-0.05, 0) is 53.4 Å². The largest absolute Gasteiger partial charge is 0.444 e. The minimum Gasteiger partial charge on any atom is -0.444 e. The van der Waals surface area contributed by atoms with Gasteiger partial charge in [-0.3, -0.25) is 0 Å². The molecule has 0 saturated carbocycles. The molecule has 0 spiro atoms. The van der Waals surface area contributed by atoms with Crippen LogP contribution in [0.4, 0.5) is 4.79 Å². The average Bonchev–Trinajstić information content (AvgIpc) is 3.21. The van der Waals surface area contributed by atoms with E-state index in [1.165, 1.54) is 0 Å². The lowest BCUT2D eigenvalue weighted by Gasteiger charge is -2.40. The lowest BCUT2D eigenvalue weighted by Crippen LogP contribution is -2.55. The first-order valence-electron chi connectivity index (χ1n) is 11.4. The highest BCUT2D eigenvalue weighted by Crippen LogP contribution is 2.36. The Kier molecular flexibility index (Phi) is 6.81. The summed E-state index contributed by atoms with van der Waals surface area (Å²) in [5, 5.41) is 10.9. The van der Waals surface area contributed by atoms with E-state index >= 15 is 0 Å². The first-order valence-corrected chi connectivity index (χ1v) is 11.4. The van der Waals surface area contributed by atoms with Crippen LogP contribution in [-0.4, -0.2) is 57.4 Å². The lowest BCUT2D eigenvalue weighted by atomic mass is 9.97. The van der Waals surface area contributed by atoms with Crippen LogP contribution in [0.1, 0.15) is 85.9 Å². The number of aromatic nitrogens is 2. The van der Waals surface area contributed by atoms with E-state index in [1.807, 2.05) is 53.4 Å². The number of fused-ring (bicyclic) bond motifs is 2. The van der Waals surface area contributed by atoms with E-state index in [9.17, 15) is 4.79 Å². The second kappa shape index (κ2) is 9.04. The quantitative estimate of drug-likeness (QED) is 0.553. The van der Waals surface area contributed by atoms with E-state index in [0.717, 1.165) is 38.2 Å². The molecule has 174 valence electrons. The van der Waals surface area contributed by atoms with Crippen LogP contribution in [0.5, 0.6) is 0 Å². The summed E-state index contributed by atoms with van der Waals surface area (Å²) < 4.78 is 11.0. The minimum absolute atomic E-state index is 0.181. The van der Waals surface area contributed by atoms with Crippen LogP contribution in [0.3, 0.4) is 0 Å². The molecular weight excluding hydrogens is 396 g/mol. The fraction of sp³-hybridized carbons (Fsp3) is 0.818. The number of rotatable bonds is 4. The zero-order valence-corrected chi connectivity index (χ0v) is 20.0. The normalized spacial score (nSPS) is 24.3. The summed E-state index contributed by atoms with van der Waals surface area (Å²) in [6.07, 6.45) is 3.63. The third-order valence-electron chi connectivity index (χ3n) is 5.51. The molecule has 3 rings (SSSR count). The molecule has 31 heavy (non-hydrogen) atoms. The van der Waals surface area contributed by atoms with Crippen LogP contribution < -0.4 is 10.6 Å². The number of ether oxygens (including phenoxy) is 1. The molecule has 1 amide bonds. The molecule has 9 heteroatoms. The molecule has 1 aromatic heterocycles. The van der Waals surface area contributed by atoms with Crippen LogP contribution in [0, 0.1) is 0 Å². The Balaban J connectivity index is 1.61. The van der Waals surface area contributed by atoms with Gasteiger partial charge in [-0.1, -0.05) is 25.9 Å². The molecule has 2 aliphatic rings. The molecule has 9 nitrogen and oxygen atoms in total. The first-order chi connectivity index (χ1) is 14.5. The van der Waals surface area contributed by atoms with Crippen molar-refractivity contribution >= 4 is 12.1 Å². The maximum absolute atomic E-state index is 12.7. The van der Waals surface area contributed by atoms with E-state index in [4.69, 9.17) is 9.26 Å². The van der Waals surface area contributed by atoms with Crippen molar-refractivity contribution in [3.63, 3.8) is 0 Å². The number of aliphatic imine (C=N–C) groups is 1.